The fourth-order valence-electron chi connectivity index (χ4n) is 2.36. The first-order chi connectivity index (χ1) is 9.47. The van der Waals surface area contributed by atoms with Crippen molar-refractivity contribution in [2.24, 2.45) is 0 Å². The minimum atomic E-state index is -0.833. The number of carboxylic acids is 1. The van der Waals surface area contributed by atoms with Gasteiger partial charge in [0, 0.05) is 31.7 Å². The number of carboxylic acid groups (broad SMARTS) is 1. The van der Waals surface area contributed by atoms with E-state index < -0.39 is 5.97 Å². The van der Waals surface area contributed by atoms with Crippen LogP contribution in [0.25, 0.3) is 0 Å². The van der Waals surface area contributed by atoms with E-state index in [0.29, 0.717) is 38.4 Å². The van der Waals surface area contributed by atoms with Crippen LogP contribution in [0.4, 0.5) is 0 Å². The molecule has 7 nitrogen and oxygen atoms in total. The molecule has 1 aliphatic rings. The van der Waals surface area contributed by atoms with E-state index in [1.54, 1.807) is 11.8 Å². The molecule has 1 aliphatic heterocycles. The smallest absolute Gasteiger partial charge is 0.317 e. The van der Waals surface area contributed by atoms with Gasteiger partial charge in [-0.2, -0.15) is 0 Å². The minimum absolute atomic E-state index is 0.0336. The Balaban J connectivity index is 1.88. The molecule has 0 radical (unpaired) electrons. The molecular weight excluding hydrogens is 262 g/mol. The number of carbonyl (C=O) groups is 2. The second-order valence-corrected chi connectivity index (χ2v) is 5.03. The zero-order valence-electron chi connectivity index (χ0n) is 11.8. The highest BCUT2D eigenvalue weighted by molar-refractivity contribution is 5.79. The molecule has 1 fully saturated rings. The van der Waals surface area contributed by atoms with E-state index in [2.05, 4.69) is 5.16 Å². The first-order valence-electron chi connectivity index (χ1n) is 6.61. The first kappa shape index (κ1) is 14.5. The number of piperazine rings is 1. The van der Waals surface area contributed by atoms with Crippen molar-refractivity contribution >= 4 is 11.9 Å². The summed E-state index contributed by atoms with van der Waals surface area (Å²) in [6, 6.07) is 0. The average molecular weight is 281 g/mol. The van der Waals surface area contributed by atoms with Gasteiger partial charge < -0.3 is 14.5 Å². The molecule has 0 atom stereocenters. The molecule has 7 heteroatoms. The summed E-state index contributed by atoms with van der Waals surface area (Å²) in [5.41, 5.74) is 1.60. The largest absolute Gasteiger partial charge is 0.480 e. The van der Waals surface area contributed by atoms with Crippen LogP contribution < -0.4 is 0 Å². The lowest BCUT2D eigenvalue weighted by Crippen LogP contribution is -2.50. The van der Waals surface area contributed by atoms with Crippen LogP contribution >= 0.6 is 0 Å². The lowest BCUT2D eigenvalue weighted by Gasteiger charge is -2.33. The molecule has 2 heterocycles. The summed E-state index contributed by atoms with van der Waals surface area (Å²) < 4.78 is 5.05. The van der Waals surface area contributed by atoms with Crippen LogP contribution in [0, 0.1) is 13.8 Å². The standard InChI is InChI=1S/C13H19N3O4/c1-9-11(10(2)20-14-9)7-12(17)16-5-3-15(4-6-16)8-13(18)19/h3-8H2,1-2H3,(H,18,19). The minimum Gasteiger partial charge on any atom is -0.480 e. The summed E-state index contributed by atoms with van der Waals surface area (Å²) in [5.74, 6) is -0.116. The van der Waals surface area contributed by atoms with E-state index in [1.807, 2.05) is 11.8 Å². The maximum Gasteiger partial charge on any atom is 0.317 e. The Hall–Kier alpha value is -1.89. The van der Waals surface area contributed by atoms with Gasteiger partial charge in [0.25, 0.3) is 0 Å². The second-order valence-electron chi connectivity index (χ2n) is 5.03. The van der Waals surface area contributed by atoms with E-state index in [0.717, 1.165) is 11.3 Å². The van der Waals surface area contributed by atoms with Crippen LogP contribution in [-0.2, 0) is 16.0 Å². The molecule has 0 unspecified atom stereocenters. The van der Waals surface area contributed by atoms with Crippen molar-refractivity contribution in [3.8, 4) is 0 Å². The zero-order chi connectivity index (χ0) is 14.7. The Labute approximate surface area is 117 Å². The molecule has 1 saturated heterocycles. The SMILES string of the molecule is Cc1noc(C)c1CC(=O)N1CCN(CC(=O)O)CC1. The van der Waals surface area contributed by atoms with Crippen LogP contribution in [-0.4, -0.2) is 64.7 Å². The molecule has 0 aliphatic carbocycles. The lowest BCUT2D eigenvalue weighted by molar-refractivity contribution is -0.139. The predicted octanol–water partition coefficient (Wildman–Crippen LogP) is 0.0627. The second kappa shape index (κ2) is 6.04. The fourth-order valence-corrected chi connectivity index (χ4v) is 2.36. The molecule has 1 amide bonds. The fraction of sp³-hybridized carbons (Fsp3) is 0.615. The number of hydrogen-bond donors (Lipinski definition) is 1. The summed E-state index contributed by atoms with van der Waals surface area (Å²) >= 11 is 0. The number of amides is 1. The van der Waals surface area contributed by atoms with E-state index >= 15 is 0 Å². The summed E-state index contributed by atoms with van der Waals surface area (Å²) in [6.45, 7) is 5.98. The number of carbonyl (C=O) groups excluding carboxylic acids is 1. The quantitative estimate of drug-likeness (QED) is 0.840. The van der Waals surface area contributed by atoms with Gasteiger partial charge in [-0.15, -0.1) is 0 Å². The van der Waals surface area contributed by atoms with Gasteiger partial charge in [-0.1, -0.05) is 5.16 Å². The zero-order valence-corrected chi connectivity index (χ0v) is 11.8. The number of aryl methyl sites for hydroxylation is 2. The Morgan fingerprint density at radius 2 is 1.90 bits per heavy atom. The highest BCUT2D eigenvalue weighted by atomic mass is 16.5. The maximum absolute atomic E-state index is 12.2. The Bertz CT molecular complexity index is 484. The van der Waals surface area contributed by atoms with Gasteiger partial charge in [0.1, 0.15) is 5.76 Å². The lowest BCUT2D eigenvalue weighted by atomic mass is 10.1. The van der Waals surface area contributed by atoms with E-state index in [-0.39, 0.29) is 12.5 Å². The van der Waals surface area contributed by atoms with Crippen LogP contribution in [0.15, 0.2) is 4.52 Å². The average Bonchev–Trinajstić information content (AvgIpc) is 2.70. The van der Waals surface area contributed by atoms with Gasteiger partial charge in [-0.3, -0.25) is 14.5 Å². The van der Waals surface area contributed by atoms with E-state index in [9.17, 15) is 9.59 Å². The highest BCUT2D eigenvalue weighted by Gasteiger charge is 2.23. The normalized spacial score (nSPS) is 16.4. The third kappa shape index (κ3) is 3.36. The number of aromatic nitrogens is 1. The summed E-state index contributed by atoms with van der Waals surface area (Å²) in [5, 5.41) is 12.6. The first-order valence-corrected chi connectivity index (χ1v) is 6.61. The van der Waals surface area contributed by atoms with Crippen molar-refractivity contribution in [3.63, 3.8) is 0 Å². The van der Waals surface area contributed by atoms with Crippen LogP contribution in [0.3, 0.4) is 0 Å². The molecule has 0 bridgehead atoms. The maximum atomic E-state index is 12.2. The van der Waals surface area contributed by atoms with Gasteiger partial charge in [0.15, 0.2) is 0 Å². The molecule has 110 valence electrons. The molecule has 0 aromatic carbocycles. The third-order valence-electron chi connectivity index (χ3n) is 3.59. The molecule has 0 saturated carbocycles. The van der Waals surface area contributed by atoms with Crippen molar-refractivity contribution in [1.82, 2.24) is 15.0 Å². The van der Waals surface area contributed by atoms with E-state index in [1.165, 1.54) is 0 Å². The van der Waals surface area contributed by atoms with Gasteiger partial charge in [-0.25, -0.2) is 0 Å². The Morgan fingerprint density at radius 1 is 1.25 bits per heavy atom. The van der Waals surface area contributed by atoms with Crippen molar-refractivity contribution < 1.29 is 19.2 Å². The third-order valence-corrected chi connectivity index (χ3v) is 3.59. The molecule has 2 rings (SSSR count). The van der Waals surface area contributed by atoms with Crippen LogP contribution in [0.1, 0.15) is 17.0 Å². The van der Waals surface area contributed by atoms with Crippen LogP contribution in [0.2, 0.25) is 0 Å². The van der Waals surface area contributed by atoms with Crippen molar-refractivity contribution in [3.05, 3.63) is 17.0 Å². The number of rotatable bonds is 4. The van der Waals surface area contributed by atoms with Crippen molar-refractivity contribution in [2.45, 2.75) is 20.3 Å². The highest BCUT2D eigenvalue weighted by Crippen LogP contribution is 2.14. The molecule has 0 spiro atoms. The molecular formula is C13H19N3O4. The van der Waals surface area contributed by atoms with Crippen LogP contribution in [0.5, 0.6) is 0 Å². The molecule has 1 aromatic heterocycles. The van der Waals surface area contributed by atoms with Crippen molar-refractivity contribution in [2.75, 3.05) is 32.7 Å². The topological polar surface area (TPSA) is 86.9 Å². The summed E-state index contributed by atoms with van der Waals surface area (Å²) in [4.78, 5) is 26.5. The summed E-state index contributed by atoms with van der Waals surface area (Å²) in [7, 11) is 0. The number of hydrogen-bond acceptors (Lipinski definition) is 5. The van der Waals surface area contributed by atoms with Crippen molar-refractivity contribution in [1.29, 1.82) is 0 Å². The molecule has 1 aromatic rings. The predicted molar refractivity (Wildman–Crippen MR) is 70.3 cm³/mol. The van der Waals surface area contributed by atoms with Gasteiger partial charge in [0.2, 0.25) is 5.91 Å². The Kier molecular flexibility index (Phi) is 4.39. The van der Waals surface area contributed by atoms with E-state index in [4.69, 9.17) is 9.63 Å². The van der Waals surface area contributed by atoms with Gasteiger partial charge in [-0.05, 0) is 13.8 Å². The number of aliphatic carboxylic acids is 1. The number of nitrogens with zero attached hydrogens (tertiary/aromatic N) is 3. The monoisotopic (exact) mass is 281 g/mol. The van der Waals surface area contributed by atoms with Gasteiger partial charge >= 0.3 is 5.97 Å². The molecule has 20 heavy (non-hydrogen) atoms. The Morgan fingerprint density at radius 3 is 2.40 bits per heavy atom. The van der Waals surface area contributed by atoms with Gasteiger partial charge in [0.05, 0.1) is 18.7 Å². The molecule has 1 N–H and O–H groups in total. The summed E-state index contributed by atoms with van der Waals surface area (Å²) in [6.07, 6.45) is 0.292.